The predicted molar refractivity (Wildman–Crippen MR) is 82.4 cm³/mol. The molecule has 2 aromatic rings. The molecule has 0 amide bonds. The summed E-state index contributed by atoms with van der Waals surface area (Å²) < 4.78 is 8.56. The van der Waals surface area contributed by atoms with Crippen molar-refractivity contribution in [3.8, 4) is 5.75 Å². The van der Waals surface area contributed by atoms with Crippen molar-refractivity contribution in [3.63, 3.8) is 0 Å². The van der Waals surface area contributed by atoms with Crippen LogP contribution in [-0.4, -0.2) is 14.7 Å². The van der Waals surface area contributed by atoms with Crippen molar-refractivity contribution in [2.24, 2.45) is 0 Å². The number of benzene rings is 1. The Morgan fingerprint density at radius 1 is 1.33 bits per heavy atom. The van der Waals surface area contributed by atoms with Crippen LogP contribution in [0.25, 0.3) is 0 Å². The van der Waals surface area contributed by atoms with Crippen molar-refractivity contribution in [2.45, 2.75) is 33.4 Å². The summed E-state index contributed by atoms with van der Waals surface area (Å²) in [6.07, 6.45) is 0.845. The summed E-state index contributed by atoms with van der Waals surface area (Å²) >= 11 is 3.55. The van der Waals surface area contributed by atoms with E-state index in [-0.39, 0.29) is 5.69 Å². The van der Waals surface area contributed by atoms with Crippen LogP contribution >= 0.6 is 15.9 Å². The van der Waals surface area contributed by atoms with Gasteiger partial charge in [0.1, 0.15) is 12.4 Å². The van der Waals surface area contributed by atoms with E-state index in [9.17, 15) is 10.1 Å². The molecule has 0 unspecified atom stereocenters. The first kappa shape index (κ1) is 15.5. The number of nitro benzene ring substituents is 1. The van der Waals surface area contributed by atoms with Crippen molar-refractivity contribution >= 4 is 21.6 Å². The van der Waals surface area contributed by atoms with Gasteiger partial charge in [-0.05, 0) is 41.4 Å². The van der Waals surface area contributed by atoms with E-state index in [1.165, 1.54) is 12.1 Å². The summed E-state index contributed by atoms with van der Waals surface area (Å²) in [4.78, 5) is 10.2. The lowest BCUT2D eigenvalue weighted by Gasteiger charge is -2.08. The minimum Gasteiger partial charge on any atom is -0.487 e. The molecule has 1 aromatic heterocycles. The summed E-state index contributed by atoms with van der Waals surface area (Å²) in [6.45, 7) is 5.19. The van der Waals surface area contributed by atoms with Crippen molar-refractivity contribution in [1.82, 2.24) is 9.78 Å². The van der Waals surface area contributed by atoms with Crippen molar-refractivity contribution in [1.29, 1.82) is 0 Å². The third kappa shape index (κ3) is 3.41. The Labute approximate surface area is 131 Å². The van der Waals surface area contributed by atoms with Crippen LogP contribution < -0.4 is 4.74 Å². The van der Waals surface area contributed by atoms with Crippen LogP contribution in [0.4, 0.5) is 5.69 Å². The van der Waals surface area contributed by atoms with E-state index in [0.717, 1.165) is 28.8 Å². The minimum absolute atomic E-state index is 0.0513. The van der Waals surface area contributed by atoms with Gasteiger partial charge in [0.25, 0.3) is 5.69 Å². The lowest BCUT2D eigenvalue weighted by atomic mass is 10.3. The number of aromatic nitrogens is 2. The zero-order valence-electron chi connectivity index (χ0n) is 11.9. The average Bonchev–Trinajstić information content (AvgIpc) is 2.81. The van der Waals surface area contributed by atoms with Gasteiger partial charge in [-0.25, -0.2) is 0 Å². The van der Waals surface area contributed by atoms with Crippen LogP contribution in [0.3, 0.4) is 0 Å². The number of ether oxygens (including phenoxy) is 1. The number of rotatable bonds is 6. The van der Waals surface area contributed by atoms with E-state index in [0.29, 0.717) is 12.4 Å². The molecular weight excluding hydrogens is 338 g/mol. The van der Waals surface area contributed by atoms with Crippen LogP contribution in [-0.2, 0) is 19.6 Å². The molecule has 21 heavy (non-hydrogen) atoms. The highest BCUT2D eigenvalue weighted by Crippen LogP contribution is 2.24. The molecule has 6 nitrogen and oxygen atoms in total. The summed E-state index contributed by atoms with van der Waals surface area (Å²) in [6, 6.07) is 6.05. The molecule has 7 heteroatoms. The summed E-state index contributed by atoms with van der Waals surface area (Å²) in [5, 5.41) is 15.1. The van der Waals surface area contributed by atoms with E-state index in [2.05, 4.69) is 21.0 Å². The fourth-order valence-corrected chi connectivity index (χ4v) is 2.65. The number of nitro groups is 1. The normalized spacial score (nSPS) is 10.6. The number of halogens is 1. The predicted octanol–water partition coefficient (Wildman–Crippen LogP) is 3.72. The van der Waals surface area contributed by atoms with Gasteiger partial charge in [-0.1, -0.05) is 6.92 Å². The molecule has 1 aromatic carbocycles. The number of nitrogens with zero attached hydrogens (tertiary/aromatic N) is 3. The number of hydrogen-bond acceptors (Lipinski definition) is 4. The van der Waals surface area contributed by atoms with Gasteiger partial charge in [0.15, 0.2) is 0 Å². The Hall–Kier alpha value is -1.89. The second-order valence-electron chi connectivity index (χ2n) is 4.42. The van der Waals surface area contributed by atoms with Gasteiger partial charge in [-0.2, -0.15) is 5.10 Å². The third-order valence-electron chi connectivity index (χ3n) is 3.12. The molecule has 0 aliphatic heterocycles. The summed E-state index contributed by atoms with van der Waals surface area (Å²) in [5.41, 5.74) is 2.02. The Balaban J connectivity index is 2.12. The topological polar surface area (TPSA) is 70.2 Å². The molecule has 0 spiro atoms. The number of hydrogen-bond donors (Lipinski definition) is 0. The first-order chi connectivity index (χ1) is 10.1. The van der Waals surface area contributed by atoms with Gasteiger partial charge >= 0.3 is 0 Å². The van der Waals surface area contributed by atoms with Gasteiger partial charge in [-0.3, -0.25) is 14.8 Å². The molecular formula is C14H16BrN3O3. The van der Waals surface area contributed by atoms with Crippen LogP contribution in [0, 0.1) is 10.1 Å². The largest absolute Gasteiger partial charge is 0.487 e. The SMILES string of the molecule is CCc1nn(CC)c(COc2ccc([N+](=O)[O-])cc2)c1Br. The monoisotopic (exact) mass is 353 g/mol. The smallest absolute Gasteiger partial charge is 0.269 e. The molecule has 0 atom stereocenters. The number of non-ortho nitro benzene ring substituents is 1. The van der Waals surface area contributed by atoms with E-state index in [1.54, 1.807) is 12.1 Å². The lowest BCUT2D eigenvalue weighted by molar-refractivity contribution is -0.384. The van der Waals surface area contributed by atoms with E-state index < -0.39 is 4.92 Å². The Morgan fingerprint density at radius 3 is 2.52 bits per heavy atom. The molecule has 0 aliphatic rings. The van der Waals surface area contributed by atoms with Crippen molar-refractivity contribution in [3.05, 3.63) is 50.2 Å². The molecule has 2 rings (SSSR count). The zero-order valence-corrected chi connectivity index (χ0v) is 13.5. The van der Waals surface area contributed by atoms with Gasteiger partial charge < -0.3 is 4.74 Å². The first-order valence-corrected chi connectivity index (χ1v) is 7.47. The summed E-state index contributed by atoms with van der Waals surface area (Å²) in [7, 11) is 0. The van der Waals surface area contributed by atoms with Crippen molar-refractivity contribution in [2.75, 3.05) is 0 Å². The van der Waals surface area contributed by atoms with Gasteiger partial charge in [-0.15, -0.1) is 0 Å². The second-order valence-corrected chi connectivity index (χ2v) is 5.21. The van der Waals surface area contributed by atoms with Crippen LogP contribution in [0.5, 0.6) is 5.75 Å². The van der Waals surface area contributed by atoms with Crippen LogP contribution in [0.2, 0.25) is 0 Å². The highest BCUT2D eigenvalue weighted by molar-refractivity contribution is 9.10. The fraction of sp³-hybridized carbons (Fsp3) is 0.357. The maximum Gasteiger partial charge on any atom is 0.269 e. The van der Waals surface area contributed by atoms with Crippen LogP contribution in [0.15, 0.2) is 28.7 Å². The van der Waals surface area contributed by atoms with E-state index in [4.69, 9.17) is 4.74 Å². The van der Waals surface area contributed by atoms with E-state index >= 15 is 0 Å². The molecule has 0 aliphatic carbocycles. The summed E-state index contributed by atoms with van der Waals surface area (Å²) in [5.74, 6) is 0.592. The Bertz CT molecular complexity index is 638. The third-order valence-corrected chi connectivity index (χ3v) is 4.03. The van der Waals surface area contributed by atoms with Gasteiger partial charge in [0.05, 0.1) is 20.8 Å². The minimum atomic E-state index is -0.431. The molecule has 112 valence electrons. The molecule has 0 saturated heterocycles. The fourth-order valence-electron chi connectivity index (χ4n) is 1.97. The molecule has 0 fully saturated rings. The molecule has 0 bridgehead atoms. The van der Waals surface area contributed by atoms with Crippen LogP contribution in [0.1, 0.15) is 25.2 Å². The first-order valence-electron chi connectivity index (χ1n) is 6.68. The van der Waals surface area contributed by atoms with Crippen molar-refractivity contribution < 1.29 is 9.66 Å². The molecule has 0 radical (unpaired) electrons. The lowest BCUT2D eigenvalue weighted by Crippen LogP contribution is -2.06. The maximum atomic E-state index is 10.6. The quantitative estimate of drug-likeness (QED) is 0.586. The zero-order chi connectivity index (χ0) is 15.4. The Morgan fingerprint density at radius 2 is 2.00 bits per heavy atom. The molecule has 1 heterocycles. The highest BCUT2D eigenvalue weighted by atomic mass is 79.9. The van der Waals surface area contributed by atoms with Gasteiger partial charge in [0, 0.05) is 18.7 Å². The Kier molecular flexibility index (Phi) is 4.95. The van der Waals surface area contributed by atoms with E-state index in [1.807, 2.05) is 18.5 Å². The van der Waals surface area contributed by atoms with Gasteiger partial charge in [0.2, 0.25) is 0 Å². The second kappa shape index (κ2) is 6.71. The maximum absolute atomic E-state index is 10.6. The standard InChI is InChI=1S/C14H16BrN3O3/c1-3-12-14(15)13(17(4-2)16-12)9-21-11-7-5-10(6-8-11)18(19)20/h5-8H,3-4,9H2,1-2H3. The molecule has 0 N–H and O–H groups in total. The number of aryl methyl sites for hydroxylation is 2. The molecule has 0 saturated carbocycles. The highest BCUT2D eigenvalue weighted by Gasteiger charge is 2.14. The average molecular weight is 354 g/mol.